The number of allylic oxidation sites excluding steroid dienone is 2. The number of amides is 1. The Morgan fingerprint density at radius 1 is 1.00 bits per heavy atom. The highest BCUT2D eigenvalue weighted by Crippen LogP contribution is 2.11. The minimum Gasteiger partial charge on any atom is -0.450 e. The third-order valence-electron chi connectivity index (χ3n) is 3.92. The summed E-state index contributed by atoms with van der Waals surface area (Å²) in [6.45, 7) is 11.1. The molecule has 0 aromatic rings. The fourth-order valence-electron chi connectivity index (χ4n) is 2.28. The molecule has 0 aromatic heterocycles. The maximum Gasteiger partial charge on any atom is 0.411 e. The fourth-order valence-corrected chi connectivity index (χ4v) is 2.99. The zero-order valence-electron chi connectivity index (χ0n) is 16.4. The molecule has 0 aliphatic carbocycles. The van der Waals surface area contributed by atoms with Crippen LogP contribution < -0.4 is 5.32 Å². The summed E-state index contributed by atoms with van der Waals surface area (Å²) in [6.07, 6.45) is 9.86. The molecule has 140 valence electrons. The van der Waals surface area contributed by atoms with Crippen molar-refractivity contribution in [2.75, 3.05) is 6.61 Å². The van der Waals surface area contributed by atoms with Crippen LogP contribution >= 0.6 is 0 Å². The van der Waals surface area contributed by atoms with Crippen molar-refractivity contribution >= 4 is 20.0 Å². The summed E-state index contributed by atoms with van der Waals surface area (Å²) in [5, 5.41) is 2.59. The summed E-state index contributed by atoms with van der Waals surface area (Å²) in [4.78, 5) is 23.9. The van der Waals surface area contributed by atoms with Gasteiger partial charge in [0, 0.05) is 14.5 Å². The van der Waals surface area contributed by atoms with Gasteiger partial charge in [-0.25, -0.2) is 4.79 Å². The van der Waals surface area contributed by atoms with E-state index in [-0.39, 0.29) is 5.78 Å². The van der Waals surface area contributed by atoms with Gasteiger partial charge in [0.2, 0.25) is 0 Å². The first-order valence-corrected chi connectivity index (χ1v) is 13.1. The lowest BCUT2D eigenvalue weighted by Gasteiger charge is -2.15. The summed E-state index contributed by atoms with van der Waals surface area (Å²) in [5.41, 5.74) is 0.360. The molecule has 4 nitrogen and oxygen atoms in total. The van der Waals surface area contributed by atoms with Gasteiger partial charge in [0.25, 0.3) is 0 Å². The Morgan fingerprint density at radius 3 is 2.12 bits per heavy atom. The lowest BCUT2D eigenvalue weighted by Crippen LogP contribution is -2.30. The summed E-state index contributed by atoms with van der Waals surface area (Å²) >= 11 is 0. The Hall–Kier alpha value is -1.10. The molecule has 0 heterocycles. The molecule has 0 saturated carbocycles. The fraction of sp³-hybridized carbons (Fsp3) is 0.789. The molecule has 0 aliphatic rings. The van der Waals surface area contributed by atoms with Gasteiger partial charge in [-0.2, -0.15) is 0 Å². The predicted octanol–water partition coefficient (Wildman–Crippen LogP) is 5.66. The molecule has 0 spiro atoms. The average Bonchev–Trinajstić information content (AvgIpc) is 2.50. The first-order valence-electron chi connectivity index (χ1n) is 9.43. The monoisotopic (exact) mass is 355 g/mol. The van der Waals surface area contributed by atoms with Crippen LogP contribution in [0.25, 0.3) is 0 Å². The van der Waals surface area contributed by atoms with Gasteiger partial charge in [-0.15, -0.1) is 0 Å². The lowest BCUT2D eigenvalue weighted by molar-refractivity contribution is -0.116. The molecule has 0 bridgehead atoms. The number of carbonyl (C=O) groups excluding carboxylic acids is 2. The molecule has 0 fully saturated rings. The van der Waals surface area contributed by atoms with Crippen molar-refractivity contribution in [3.8, 4) is 0 Å². The Morgan fingerprint density at radius 2 is 1.58 bits per heavy atom. The van der Waals surface area contributed by atoms with E-state index < -0.39 is 14.2 Å². The van der Waals surface area contributed by atoms with E-state index in [1.54, 1.807) is 13.0 Å². The van der Waals surface area contributed by atoms with E-state index in [1.165, 1.54) is 32.1 Å². The van der Waals surface area contributed by atoms with Gasteiger partial charge >= 0.3 is 6.09 Å². The van der Waals surface area contributed by atoms with Gasteiger partial charge in [-0.3, -0.25) is 10.1 Å². The van der Waals surface area contributed by atoms with Crippen LogP contribution in [0.1, 0.15) is 65.2 Å². The van der Waals surface area contributed by atoms with Crippen LogP contribution in [-0.2, 0) is 9.53 Å². The van der Waals surface area contributed by atoms with Crippen LogP contribution in [0.4, 0.5) is 4.79 Å². The summed E-state index contributed by atoms with van der Waals surface area (Å²) in [5.74, 6) is -0.00629. The normalized spacial score (nSPS) is 12.1. The van der Waals surface area contributed by atoms with Crippen molar-refractivity contribution in [2.24, 2.45) is 0 Å². The van der Waals surface area contributed by atoms with Crippen LogP contribution in [0, 0.1) is 0 Å². The van der Waals surface area contributed by atoms with Crippen molar-refractivity contribution in [3.05, 3.63) is 11.8 Å². The lowest BCUT2D eigenvalue weighted by atomic mass is 10.1. The van der Waals surface area contributed by atoms with E-state index in [0.29, 0.717) is 18.7 Å². The number of unbranched alkanes of at least 4 members (excludes halogenated alkanes) is 6. The molecule has 0 unspecified atom stereocenters. The van der Waals surface area contributed by atoms with Gasteiger partial charge in [0.1, 0.15) is 0 Å². The van der Waals surface area contributed by atoms with Crippen LogP contribution in [0.2, 0.25) is 25.7 Å². The highest BCUT2D eigenvalue weighted by atomic mass is 28.3. The van der Waals surface area contributed by atoms with E-state index in [1.807, 2.05) is 0 Å². The number of ether oxygens (including phenoxy) is 1. The number of alkyl carbamates (subject to hydrolysis) is 1. The highest BCUT2D eigenvalue weighted by molar-refractivity contribution is 6.76. The topological polar surface area (TPSA) is 55.4 Å². The molecule has 5 heteroatoms. The maximum atomic E-state index is 12.1. The molecule has 0 radical (unpaired) electrons. The van der Waals surface area contributed by atoms with Crippen molar-refractivity contribution < 1.29 is 14.3 Å². The second-order valence-electron chi connectivity index (χ2n) is 7.57. The third kappa shape index (κ3) is 13.3. The van der Waals surface area contributed by atoms with Gasteiger partial charge in [0.15, 0.2) is 5.78 Å². The molecule has 0 aromatic carbocycles. The molecule has 0 aliphatic heterocycles. The number of hydrogen-bond acceptors (Lipinski definition) is 3. The van der Waals surface area contributed by atoms with Crippen LogP contribution in [0.15, 0.2) is 11.8 Å². The number of carbonyl (C=O) groups is 2. The van der Waals surface area contributed by atoms with Crippen LogP contribution in [0.3, 0.4) is 0 Å². The van der Waals surface area contributed by atoms with Gasteiger partial charge in [-0.1, -0.05) is 71.2 Å². The maximum absolute atomic E-state index is 12.1. The Kier molecular flexibility index (Phi) is 12.6. The number of Topliss-reactive ketones (excluding diaryl/α,β-unsaturated/α-hetero) is 1. The summed E-state index contributed by atoms with van der Waals surface area (Å²) in [6, 6.07) is 0.928. The van der Waals surface area contributed by atoms with E-state index in [2.05, 4.69) is 31.9 Å². The minimum absolute atomic E-state index is 0.00629. The Balaban J connectivity index is 3.94. The van der Waals surface area contributed by atoms with E-state index in [4.69, 9.17) is 4.74 Å². The standard InChI is InChI=1S/C19H37NO3Si/c1-6-8-9-10-11-12-13-14-18(21)17(7-2)20-19(22)23-15-16-24(3,4)5/h7H,6,8-16H2,1-5H3,(H,20,22)/b17-7-. The molecule has 1 N–H and O–H groups in total. The average molecular weight is 356 g/mol. The summed E-state index contributed by atoms with van der Waals surface area (Å²) in [7, 11) is -1.21. The largest absolute Gasteiger partial charge is 0.450 e. The SMILES string of the molecule is C/C=C(\NC(=O)OCC[Si](C)(C)C)C(=O)CCCCCCCCC. The molecule has 0 saturated heterocycles. The minimum atomic E-state index is -1.21. The van der Waals surface area contributed by atoms with E-state index in [0.717, 1.165) is 18.9 Å². The first-order chi connectivity index (χ1) is 11.3. The smallest absolute Gasteiger partial charge is 0.411 e. The number of nitrogens with one attached hydrogen (secondary N) is 1. The van der Waals surface area contributed by atoms with E-state index >= 15 is 0 Å². The molecular weight excluding hydrogens is 318 g/mol. The number of ketones is 1. The molecular formula is C19H37NO3Si. The zero-order chi connectivity index (χ0) is 18.4. The van der Waals surface area contributed by atoms with E-state index in [9.17, 15) is 9.59 Å². The molecule has 24 heavy (non-hydrogen) atoms. The highest BCUT2D eigenvalue weighted by Gasteiger charge is 2.16. The Labute approximate surface area is 149 Å². The van der Waals surface area contributed by atoms with Crippen molar-refractivity contribution in [2.45, 2.75) is 90.9 Å². The molecule has 0 rings (SSSR count). The third-order valence-corrected chi connectivity index (χ3v) is 5.62. The first kappa shape index (κ1) is 22.9. The number of hydrogen-bond donors (Lipinski definition) is 1. The van der Waals surface area contributed by atoms with Crippen LogP contribution in [0.5, 0.6) is 0 Å². The van der Waals surface area contributed by atoms with Crippen LogP contribution in [-0.4, -0.2) is 26.6 Å². The van der Waals surface area contributed by atoms with Gasteiger partial charge in [-0.05, 0) is 19.4 Å². The summed E-state index contributed by atoms with van der Waals surface area (Å²) < 4.78 is 5.17. The van der Waals surface area contributed by atoms with Gasteiger partial charge in [0.05, 0.1) is 12.3 Å². The van der Waals surface area contributed by atoms with Gasteiger partial charge < -0.3 is 4.74 Å². The quantitative estimate of drug-likeness (QED) is 0.263. The van der Waals surface area contributed by atoms with Crippen molar-refractivity contribution in [3.63, 3.8) is 0 Å². The second kappa shape index (κ2) is 13.2. The van der Waals surface area contributed by atoms with Crippen molar-refractivity contribution in [1.29, 1.82) is 0 Å². The van der Waals surface area contributed by atoms with Crippen molar-refractivity contribution in [1.82, 2.24) is 5.32 Å². The zero-order valence-corrected chi connectivity index (χ0v) is 17.4. The second-order valence-corrected chi connectivity index (χ2v) is 13.2. The Bertz CT molecular complexity index is 400. The molecule has 0 atom stereocenters. The molecule has 1 amide bonds. The predicted molar refractivity (Wildman–Crippen MR) is 104 cm³/mol. The number of rotatable bonds is 13.